The lowest BCUT2D eigenvalue weighted by molar-refractivity contribution is 0.0715. The van der Waals surface area contributed by atoms with Crippen molar-refractivity contribution in [1.29, 1.82) is 5.41 Å². The highest BCUT2D eigenvalue weighted by Crippen LogP contribution is 2.28. The molecular formula is C13H25N3. The van der Waals surface area contributed by atoms with E-state index in [0.29, 0.717) is 5.92 Å². The largest absolute Gasteiger partial charge is 0.357 e. The van der Waals surface area contributed by atoms with Gasteiger partial charge in [-0.15, -0.1) is 0 Å². The van der Waals surface area contributed by atoms with Crippen LogP contribution >= 0.6 is 0 Å². The third-order valence-corrected chi connectivity index (χ3v) is 4.40. The van der Waals surface area contributed by atoms with Gasteiger partial charge in [0, 0.05) is 31.1 Å². The summed E-state index contributed by atoms with van der Waals surface area (Å²) in [6, 6.07) is 0. The standard InChI is InChI=1S/C13H25N3/c1-13(2)10-16(9-8-15(13)3)12(14)11-6-4-5-7-11/h11,14H,4-10H2,1-3H3. The first-order chi connectivity index (χ1) is 7.50. The van der Waals surface area contributed by atoms with Crippen LogP contribution in [0.2, 0.25) is 0 Å². The quantitative estimate of drug-likeness (QED) is 0.545. The van der Waals surface area contributed by atoms with Crippen LogP contribution in [0, 0.1) is 11.3 Å². The number of nitrogens with one attached hydrogen (secondary N) is 1. The fraction of sp³-hybridized carbons (Fsp3) is 0.923. The van der Waals surface area contributed by atoms with Crippen molar-refractivity contribution in [2.24, 2.45) is 5.92 Å². The maximum absolute atomic E-state index is 8.33. The molecule has 1 aliphatic carbocycles. The van der Waals surface area contributed by atoms with Crippen molar-refractivity contribution < 1.29 is 0 Å². The van der Waals surface area contributed by atoms with E-state index in [1.807, 2.05) is 0 Å². The maximum Gasteiger partial charge on any atom is 0.0990 e. The fourth-order valence-electron chi connectivity index (χ4n) is 2.90. The van der Waals surface area contributed by atoms with E-state index in [0.717, 1.165) is 25.5 Å². The molecule has 92 valence electrons. The predicted octanol–water partition coefficient (Wildman–Crippen LogP) is 2.18. The Morgan fingerprint density at radius 2 is 1.81 bits per heavy atom. The van der Waals surface area contributed by atoms with Crippen molar-refractivity contribution >= 4 is 5.84 Å². The fourth-order valence-corrected chi connectivity index (χ4v) is 2.90. The molecule has 1 heterocycles. The summed E-state index contributed by atoms with van der Waals surface area (Å²) in [5, 5.41) is 8.33. The molecule has 0 unspecified atom stereocenters. The van der Waals surface area contributed by atoms with E-state index in [2.05, 4.69) is 30.7 Å². The van der Waals surface area contributed by atoms with Gasteiger partial charge in [-0.2, -0.15) is 0 Å². The van der Waals surface area contributed by atoms with Gasteiger partial charge in [-0.1, -0.05) is 12.8 Å². The van der Waals surface area contributed by atoms with Crippen LogP contribution < -0.4 is 0 Å². The van der Waals surface area contributed by atoms with E-state index < -0.39 is 0 Å². The third-order valence-electron chi connectivity index (χ3n) is 4.40. The smallest absolute Gasteiger partial charge is 0.0990 e. The molecule has 16 heavy (non-hydrogen) atoms. The molecule has 0 spiro atoms. The van der Waals surface area contributed by atoms with Crippen LogP contribution in [0.1, 0.15) is 39.5 Å². The number of hydrogen-bond donors (Lipinski definition) is 1. The first kappa shape index (κ1) is 11.9. The van der Waals surface area contributed by atoms with Gasteiger partial charge >= 0.3 is 0 Å². The summed E-state index contributed by atoms with van der Waals surface area (Å²) in [6.45, 7) is 7.69. The summed E-state index contributed by atoms with van der Waals surface area (Å²) in [7, 11) is 2.19. The summed E-state index contributed by atoms with van der Waals surface area (Å²) in [6.07, 6.45) is 5.13. The Hall–Kier alpha value is -0.570. The molecule has 1 N–H and O–H groups in total. The molecule has 0 atom stereocenters. The topological polar surface area (TPSA) is 30.3 Å². The summed E-state index contributed by atoms with van der Waals surface area (Å²) in [4.78, 5) is 4.72. The van der Waals surface area contributed by atoms with Crippen LogP contribution in [0.4, 0.5) is 0 Å². The van der Waals surface area contributed by atoms with Crippen LogP contribution in [0.25, 0.3) is 0 Å². The zero-order valence-electron chi connectivity index (χ0n) is 10.9. The van der Waals surface area contributed by atoms with Gasteiger partial charge in [0.15, 0.2) is 0 Å². The van der Waals surface area contributed by atoms with Gasteiger partial charge in [-0.3, -0.25) is 10.3 Å². The molecule has 1 aliphatic heterocycles. The van der Waals surface area contributed by atoms with Gasteiger partial charge in [0.1, 0.15) is 0 Å². The molecule has 0 radical (unpaired) electrons. The number of hydrogen-bond acceptors (Lipinski definition) is 2. The van der Waals surface area contributed by atoms with Gasteiger partial charge in [-0.25, -0.2) is 0 Å². The first-order valence-electron chi connectivity index (χ1n) is 6.55. The van der Waals surface area contributed by atoms with Crippen LogP contribution in [0.3, 0.4) is 0 Å². The molecule has 1 saturated heterocycles. The van der Waals surface area contributed by atoms with Crippen molar-refractivity contribution in [3.63, 3.8) is 0 Å². The van der Waals surface area contributed by atoms with E-state index in [-0.39, 0.29) is 5.54 Å². The summed E-state index contributed by atoms with van der Waals surface area (Å²) in [5.74, 6) is 1.47. The second-order valence-corrected chi connectivity index (χ2v) is 6.02. The lowest BCUT2D eigenvalue weighted by Crippen LogP contribution is -2.59. The number of likely N-dealkylation sites (N-methyl/N-ethyl adjacent to an activating group) is 1. The maximum atomic E-state index is 8.33. The number of piperazine rings is 1. The molecule has 0 amide bonds. The normalized spacial score (nSPS) is 27.3. The second-order valence-electron chi connectivity index (χ2n) is 6.02. The molecule has 0 bridgehead atoms. The molecule has 3 nitrogen and oxygen atoms in total. The molecule has 2 aliphatic rings. The molecular weight excluding hydrogens is 198 g/mol. The minimum atomic E-state index is 0.211. The Bertz CT molecular complexity index is 266. The second kappa shape index (κ2) is 4.36. The van der Waals surface area contributed by atoms with Crippen molar-refractivity contribution in [2.45, 2.75) is 45.1 Å². The first-order valence-corrected chi connectivity index (χ1v) is 6.55. The Kier molecular flexibility index (Phi) is 3.24. The van der Waals surface area contributed by atoms with Gasteiger partial charge in [0.2, 0.25) is 0 Å². The van der Waals surface area contributed by atoms with Crippen LogP contribution in [-0.4, -0.2) is 47.9 Å². The van der Waals surface area contributed by atoms with Gasteiger partial charge in [0.05, 0.1) is 5.84 Å². The Labute approximate surface area is 99.3 Å². The van der Waals surface area contributed by atoms with Crippen molar-refractivity contribution in [2.75, 3.05) is 26.7 Å². The lowest BCUT2D eigenvalue weighted by atomic mass is 9.97. The average molecular weight is 223 g/mol. The van der Waals surface area contributed by atoms with Crippen molar-refractivity contribution in [3.05, 3.63) is 0 Å². The van der Waals surface area contributed by atoms with Gasteiger partial charge in [-0.05, 0) is 33.7 Å². The van der Waals surface area contributed by atoms with E-state index in [4.69, 9.17) is 5.41 Å². The molecule has 1 saturated carbocycles. The van der Waals surface area contributed by atoms with Gasteiger partial charge in [0.25, 0.3) is 0 Å². The van der Waals surface area contributed by atoms with Crippen LogP contribution in [-0.2, 0) is 0 Å². The minimum absolute atomic E-state index is 0.211. The average Bonchev–Trinajstić information content (AvgIpc) is 2.74. The number of amidine groups is 1. The van der Waals surface area contributed by atoms with Crippen LogP contribution in [0.15, 0.2) is 0 Å². The third kappa shape index (κ3) is 2.24. The minimum Gasteiger partial charge on any atom is -0.357 e. The molecule has 0 aromatic carbocycles. The Balaban J connectivity index is 1.97. The lowest BCUT2D eigenvalue weighted by Gasteiger charge is -2.47. The van der Waals surface area contributed by atoms with Gasteiger partial charge < -0.3 is 4.90 Å². The monoisotopic (exact) mass is 223 g/mol. The number of rotatable bonds is 1. The summed E-state index contributed by atoms with van der Waals surface area (Å²) < 4.78 is 0. The molecule has 0 aromatic rings. The molecule has 2 rings (SSSR count). The summed E-state index contributed by atoms with van der Waals surface area (Å²) in [5.41, 5.74) is 0.211. The zero-order chi connectivity index (χ0) is 11.8. The van der Waals surface area contributed by atoms with E-state index in [1.165, 1.54) is 25.7 Å². The van der Waals surface area contributed by atoms with E-state index in [9.17, 15) is 0 Å². The van der Waals surface area contributed by atoms with E-state index >= 15 is 0 Å². The molecule has 0 aromatic heterocycles. The van der Waals surface area contributed by atoms with E-state index in [1.54, 1.807) is 0 Å². The number of nitrogens with zero attached hydrogens (tertiary/aromatic N) is 2. The van der Waals surface area contributed by atoms with Crippen LogP contribution in [0.5, 0.6) is 0 Å². The molecule has 2 fully saturated rings. The summed E-state index contributed by atoms with van der Waals surface area (Å²) >= 11 is 0. The zero-order valence-corrected chi connectivity index (χ0v) is 10.9. The van der Waals surface area contributed by atoms with Crippen molar-refractivity contribution in [3.8, 4) is 0 Å². The Morgan fingerprint density at radius 1 is 1.19 bits per heavy atom. The Morgan fingerprint density at radius 3 is 2.38 bits per heavy atom. The highest BCUT2D eigenvalue weighted by molar-refractivity contribution is 5.82. The molecule has 3 heteroatoms. The SMILES string of the molecule is CN1CCN(C(=N)C2CCCC2)CC1(C)C. The predicted molar refractivity (Wildman–Crippen MR) is 68.0 cm³/mol. The highest BCUT2D eigenvalue weighted by Gasteiger charge is 2.34. The van der Waals surface area contributed by atoms with Crippen molar-refractivity contribution in [1.82, 2.24) is 9.80 Å². The highest BCUT2D eigenvalue weighted by atomic mass is 15.3.